The number of nitrogens with one attached hydrogen (secondary N) is 2. The van der Waals surface area contributed by atoms with Crippen molar-refractivity contribution in [2.45, 2.75) is 45.2 Å². The molecule has 1 atom stereocenters. The van der Waals surface area contributed by atoms with Crippen LogP contribution in [0.2, 0.25) is 0 Å². The zero-order chi connectivity index (χ0) is 18.2. The summed E-state index contributed by atoms with van der Waals surface area (Å²) in [6, 6.07) is 5.00. The lowest BCUT2D eigenvalue weighted by molar-refractivity contribution is -0.127. The summed E-state index contributed by atoms with van der Waals surface area (Å²) < 4.78 is 0. The molecule has 0 bridgehead atoms. The van der Waals surface area contributed by atoms with E-state index < -0.39 is 0 Å². The number of hydrogen-bond acceptors (Lipinski definition) is 4. The first-order valence-electron chi connectivity index (χ1n) is 9.05. The topological polar surface area (TPSA) is 60.0 Å². The normalized spacial score (nSPS) is 17.3. The minimum atomic E-state index is 0.0118. The molecule has 1 amide bonds. The number of rotatable bonds is 6. The van der Waals surface area contributed by atoms with E-state index in [-0.39, 0.29) is 12.5 Å². The van der Waals surface area contributed by atoms with Gasteiger partial charge in [0.15, 0.2) is 5.96 Å². The predicted molar refractivity (Wildman–Crippen MR) is 107 cm³/mol. The van der Waals surface area contributed by atoms with Crippen molar-refractivity contribution in [1.82, 2.24) is 15.5 Å². The van der Waals surface area contributed by atoms with E-state index in [1.807, 2.05) is 0 Å². The highest BCUT2D eigenvalue weighted by Crippen LogP contribution is 2.24. The van der Waals surface area contributed by atoms with Gasteiger partial charge >= 0.3 is 0 Å². The van der Waals surface area contributed by atoms with Crippen LogP contribution in [-0.4, -0.2) is 62.6 Å². The zero-order valence-corrected chi connectivity index (χ0v) is 16.6. The molecule has 0 spiro atoms. The number of hydrogen-bond donors (Lipinski definition) is 2. The average molecular weight is 366 g/mol. The van der Waals surface area contributed by atoms with Gasteiger partial charge in [-0.3, -0.25) is 4.79 Å². The lowest BCUT2D eigenvalue weighted by Gasteiger charge is -2.34. The Hall–Kier alpha value is -1.76. The van der Waals surface area contributed by atoms with E-state index in [9.17, 15) is 4.79 Å². The third kappa shape index (κ3) is 6.23. The molecule has 1 aromatic rings. The summed E-state index contributed by atoms with van der Waals surface area (Å²) in [6.07, 6.45) is 3.15. The maximum atomic E-state index is 11.8. The summed E-state index contributed by atoms with van der Waals surface area (Å²) in [5, 5.41) is 10.4. The number of amides is 1. The van der Waals surface area contributed by atoms with Crippen molar-refractivity contribution in [3.8, 4) is 0 Å². The molecule has 0 saturated carbocycles. The third-order valence-corrected chi connectivity index (χ3v) is 5.45. The second-order valence-electron chi connectivity index (χ2n) is 6.76. The molecule has 1 aliphatic rings. The van der Waals surface area contributed by atoms with Gasteiger partial charge in [0.25, 0.3) is 0 Å². The summed E-state index contributed by atoms with van der Waals surface area (Å²) >= 11 is 1.80. The fourth-order valence-electron chi connectivity index (χ4n) is 2.64. The van der Waals surface area contributed by atoms with Crippen LogP contribution in [0.1, 0.15) is 33.1 Å². The molecule has 25 heavy (non-hydrogen) atoms. The van der Waals surface area contributed by atoms with Crippen LogP contribution in [0.5, 0.6) is 0 Å². The SMILES string of the molecule is CCC(C)NC(=NCC(=O)N(C)C)NC1CCN(c2cccs2)CC1. The molecule has 0 aromatic carbocycles. The van der Waals surface area contributed by atoms with E-state index in [0.29, 0.717) is 12.1 Å². The Morgan fingerprint density at radius 1 is 1.44 bits per heavy atom. The van der Waals surface area contributed by atoms with Gasteiger partial charge in [-0.1, -0.05) is 6.92 Å². The molecule has 7 heteroatoms. The summed E-state index contributed by atoms with van der Waals surface area (Å²) in [6.45, 7) is 6.54. The van der Waals surface area contributed by atoms with Crippen LogP contribution in [0.3, 0.4) is 0 Å². The summed E-state index contributed by atoms with van der Waals surface area (Å²) in [7, 11) is 3.51. The molecule has 1 saturated heterocycles. The quantitative estimate of drug-likeness (QED) is 0.599. The molecule has 1 aliphatic heterocycles. The highest BCUT2D eigenvalue weighted by atomic mass is 32.1. The van der Waals surface area contributed by atoms with Crippen molar-refractivity contribution in [1.29, 1.82) is 0 Å². The third-order valence-electron chi connectivity index (χ3n) is 4.52. The van der Waals surface area contributed by atoms with Gasteiger partial charge in [-0.05, 0) is 43.7 Å². The molecule has 0 aliphatic carbocycles. The molecule has 2 N–H and O–H groups in total. The minimum absolute atomic E-state index is 0.0118. The fraction of sp³-hybridized carbons (Fsp3) is 0.667. The first kappa shape index (κ1) is 19.6. The monoisotopic (exact) mass is 365 g/mol. The first-order chi connectivity index (χ1) is 12.0. The van der Waals surface area contributed by atoms with Gasteiger partial charge in [0.2, 0.25) is 5.91 Å². The second kappa shape index (κ2) is 9.65. The Bertz CT molecular complexity index is 550. The molecule has 2 rings (SSSR count). The number of carbonyl (C=O) groups is 1. The smallest absolute Gasteiger partial charge is 0.243 e. The van der Waals surface area contributed by atoms with Gasteiger partial charge in [0, 0.05) is 39.3 Å². The van der Waals surface area contributed by atoms with Crippen LogP contribution in [-0.2, 0) is 4.79 Å². The molecular formula is C18H31N5OS. The molecule has 140 valence electrons. The van der Waals surface area contributed by atoms with Gasteiger partial charge in [-0.15, -0.1) is 11.3 Å². The maximum absolute atomic E-state index is 11.8. The van der Waals surface area contributed by atoms with E-state index in [2.05, 4.69) is 51.9 Å². The molecule has 1 unspecified atom stereocenters. The first-order valence-corrected chi connectivity index (χ1v) is 9.93. The number of guanidine groups is 1. The van der Waals surface area contributed by atoms with Gasteiger partial charge in [0.05, 0.1) is 5.00 Å². The largest absolute Gasteiger partial charge is 0.363 e. The summed E-state index contributed by atoms with van der Waals surface area (Å²) in [4.78, 5) is 20.3. The van der Waals surface area contributed by atoms with Crippen molar-refractivity contribution in [2.24, 2.45) is 4.99 Å². The van der Waals surface area contributed by atoms with Crippen LogP contribution in [0.15, 0.2) is 22.5 Å². The predicted octanol–water partition coefficient (Wildman–Crippen LogP) is 2.14. The van der Waals surface area contributed by atoms with Crippen molar-refractivity contribution < 1.29 is 4.79 Å². The summed E-state index contributed by atoms with van der Waals surface area (Å²) in [5.74, 6) is 0.761. The Morgan fingerprint density at radius 2 is 2.16 bits per heavy atom. The molecular weight excluding hydrogens is 334 g/mol. The zero-order valence-electron chi connectivity index (χ0n) is 15.8. The Morgan fingerprint density at radius 3 is 2.72 bits per heavy atom. The van der Waals surface area contributed by atoms with Crippen molar-refractivity contribution in [2.75, 3.05) is 38.6 Å². The Balaban J connectivity index is 1.90. The molecule has 0 radical (unpaired) electrons. The lowest BCUT2D eigenvalue weighted by Crippen LogP contribution is -2.50. The summed E-state index contributed by atoms with van der Waals surface area (Å²) in [5.41, 5.74) is 0. The van der Waals surface area contributed by atoms with E-state index in [0.717, 1.165) is 38.3 Å². The number of aliphatic imine (C=N–C) groups is 1. The number of anilines is 1. The molecule has 6 nitrogen and oxygen atoms in total. The van der Waals surface area contributed by atoms with Crippen LogP contribution in [0.25, 0.3) is 0 Å². The average Bonchev–Trinajstić information content (AvgIpc) is 3.14. The number of piperidine rings is 1. The van der Waals surface area contributed by atoms with Crippen molar-refractivity contribution in [3.63, 3.8) is 0 Å². The van der Waals surface area contributed by atoms with Crippen molar-refractivity contribution in [3.05, 3.63) is 17.5 Å². The van der Waals surface area contributed by atoms with Crippen molar-refractivity contribution >= 4 is 28.2 Å². The van der Waals surface area contributed by atoms with Gasteiger partial charge in [-0.2, -0.15) is 0 Å². The minimum Gasteiger partial charge on any atom is -0.363 e. The Kier molecular flexibility index (Phi) is 7.55. The lowest BCUT2D eigenvalue weighted by atomic mass is 10.1. The van der Waals surface area contributed by atoms with E-state index in [1.54, 1.807) is 30.3 Å². The van der Waals surface area contributed by atoms with Gasteiger partial charge < -0.3 is 20.4 Å². The van der Waals surface area contributed by atoms with Crippen LogP contribution in [0, 0.1) is 0 Å². The van der Waals surface area contributed by atoms with Crippen LogP contribution >= 0.6 is 11.3 Å². The van der Waals surface area contributed by atoms with Gasteiger partial charge in [-0.25, -0.2) is 4.99 Å². The molecule has 1 fully saturated rings. The maximum Gasteiger partial charge on any atom is 0.243 e. The second-order valence-corrected chi connectivity index (χ2v) is 7.69. The highest BCUT2D eigenvalue weighted by molar-refractivity contribution is 7.14. The van der Waals surface area contributed by atoms with E-state index >= 15 is 0 Å². The van der Waals surface area contributed by atoms with Gasteiger partial charge in [0.1, 0.15) is 6.54 Å². The highest BCUT2D eigenvalue weighted by Gasteiger charge is 2.21. The van der Waals surface area contributed by atoms with Crippen LogP contribution in [0.4, 0.5) is 5.00 Å². The fourth-order valence-corrected chi connectivity index (χ4v) is 3.43. The number of thiophene rings is 1. The van der Waals surface area contributed by atoms with Crippen LogP contribution < -0.4 is 15.5 Å². The number of likely N-dealkylation sites (N-methyl/N-ethyl adjacent to an activating group) is 1. The van der Waals surface area contributed by atoms with E-state index in [4.69, 9.17) is 0 Å². The Labute approximate surface area is 155 Å². The van der Waals surface area contributed by atoms with E-state index in [1.165, 1.54) is 5.00 Å². The number of carbonyl (C=O) groups excluding carboxylic acids is 1. The number of nitrogens with zero attached hydrogens (tertiary/aromatic N) is 3. The standard InChI is InChI=1S/C18H31N5OS/c1-5-14(2)20-18(19-13-16(24)22(3)4)21-15-8-10-23(11-9-15)17-7-6-12-25-17/h6-7,12,14-15H,5,8-11,13H2,1-4H3,(H2,19,20,21). The molecule has 1 aromatic heterocycles. The molecule has 2 heterocycles.